The predicted molar refractivity (Wildman–Crippen MR) is 72.5 cm³/mol. The van der Waals surface area contributed by atoms with E-state index in [9.17, 15) is 9.18 Å². The molecule has 0 unspecified atom stereocenters. The lowest BCUT2D eigenvalue weighted by Crippen LogP contribution is -2.25. The molecule has 1 aliphatic heterocycles. The Labute approximate surface area is 113 Å². The quantitative estimate of drug-likeness (QED) is 0.868. The summed E-state index contributed by atoms with van der Waals surface area (Å²) in [6.45, 7) is 5.06. The van der Waals surface area contributed by atoms with Gasteiger partial charge in [-0.25, -0.2) is 4.39 Å². The minimum absolute atomic E-state index is 0. The van der Waals surface area contributed by atoms with Crippen LogP contribution in [0.15, 0.2) is 12.1 Å². The molecule has 0 saturated carbocycles. The Morgan fingerprint density at radius 2 is 2.17 bits per heavy atom. The molecule has 0 aliphatic carbocycles. The Hall–Kier alpha value is -1.13. The largest absolute Gasteiger partial charge is 0.323 e. The van der Waals surface area contributed by atoms with Crippen molar-refractivity contribution in [2.45, 2.75) is 26.8 Å². The summed E-state index contributed by atoms with van der Waals surface area (Å²) in [6, 6.07) is 3.52. The van der Waals surface area contributed by atoms with E-state index in [2.05, 4.69) is 10.6 Å². The van der Waals surface area contributed by atoms with E-state index in [1.807, 2.05) is 6.07 Å². The molecule has 100 valence electrons. The standard InChI is InChI=1S/C13H17FN2O.ClH/c1-8(2)13(17)16-11-4-3-9-7-15-6-5-10(9)12(11)14;/h3-4,8,15H,5-7H2,1-2H3,(H,16,17);1H. The Balaban J connectivity index is 0.00000162. The molecule has 1 heterocycles. The summed E-state index contributed by atoms with van der Waals surface area (Å²) < 4.78 is 14.1. The normalized spacial score (nSPS) is 13.8. The van der Waals surface area contributed by atoms with Crippen molar-refractivity contribution in [2.24, 2.45) is 5.92 Å². The Bertz CT molecular complexity index is 449. The first-order valence-corrected chi connectivity index (χ1v) is 5.91. The van der Waals surface area contributed by atoms with E-state index in [0.29, 0.717) is 18.7 Å². The van der Waals surface area contributed by atoms with Crippen molar-refractivity contribution in [3.05, 3.63) is 29.1 Å². The fraction of sp³-hybridized carbons (Fsp3) is 0.462. The van der Waals surface area contributed by atoms with E-state index in [-0.39, 0.29) is 30.0 Å². The number of anilines is 1. The van der Waals surface area contributed by atoms with Crippen LogP contribution in [-0.2, 0) is 17.8 Å². The molecule has 0 fully saturated rings. The van der Waals surface area contributed by atoms with Crippen molar-refractivity contribution in [1.29, 1.82) is 0 Å². The van der Waals surface area contributed by atoms with E-state index in [1.54, 1.807) is 19.9 Å². The van der Waals surface area contributed by atoms with Crippen molar-refractivity contribution < 1.29 is 9.18 Å². The highest BCUT2D eigenvalue weighted by atomic mass is 35.5. The van der Waals surface area contributed by atoms with E-state index in [4.69, 9.17) is 0 Å². The number of nitrogens with one attached hydrogen (secondary N) is 2. The third kappa shape index (κ3) is 3.00. The van der Waals surface area contributed by atoms with Gasteiger partial charge in [-0.3, -0.25) is 4.79 Å². The molecule has 0 saturated heterocycles. The van der Waals surface area contributed by atoms with Crippen molar-refractivity contribution in [1.82, 2.24) is 5.32 Å². The summed E-state index contributed by atoms with van der Waals surface area (Å²) >= 11 is 0. The van der Waals surface area contributed by atoms with Crippen LogP contribution in [0, 0.1) is 11.7 Å². The van der Waals surface area contributed by atoms with Gasteiger partial charge in [-0.15, -0.1) is 12.4 Å². The van der Waals surface area contributed by atoms with Gasteiger partial charge in [-0.05, 0) is 30.2 Å². The van der Waals surface area contributed by atoms with Crippen molar-refractivity contribution in [3.63, 3.8) is 0 Å². The molecule has 3 nitrogen and oxygen atoms in total. The number of hydrogen-bond acceptors (Lipinski definition) is 2. The topological polar surface area (TPSA) is 41.1 Å². The Morgan fingerprint density at radius 3 is 2.83 bits per heavy atom. The smallest absolute Gasteiger partial charge is 0.227 e. The molecule has 1 amide bonds. The van der Waals surface area contributed by atoms with Crippen LogP contribution in [0.1, 0.15) is 25.0 Å². The second kappa shape index (κ2) is 6.16. The van der Waals surface area contributed by atoms with Gasteiger partial charge in [0, 0.05) is 12.5 Å². The Kier molecular flexibility index (Phi) is 5.11. The minimum Gasteiger partial charge on any atom is -0.323 e. The molecule has 0 radical (unpaired) electrons. The van der Waals surface area contributed by atoms with E-state index in [0.717, 1.165) is 17.7 Å². The molecular weight excluding hydrogens is 255 g/mol. The zero-order valence-corrected chi connectivity index (χ0v) is 11.4. The SMILES string of the molecule is CC(C)C(=O)Nc1ccc2c(c1F)CCNC2.Cl. The average Bonchev–Trinajstić information content (AvgIpc) is 2.33. The Morgan fingerprint density at radius 1 is 1.44 bits per heavy atom. The van der Waals surface area contributed by atoms with Crippen molar-refractivity contribution >= 4 is 24.0 Å². The lowest BCUT2D eigenvalue weighted by molar-refractivity contribution is -0.118. The van der Waals surface area contributed by atoms with Gasteiger partial charge in [0.1, 0.15) is 5.82 Å². The van der Waals surface area contributed by atoms with Gasteiger partial charge in [0.15, 0.2) is 0 Å². The highest BCUT2D eigenvalue weighted by Crippen LogP contribution is 2.24. The molecule has 1 aromatic rings. The molecule has 0 aromatic heterocycles. The number of rotatable bonds is 2. The first-order chi connectivity index (χ1) is 8.09. The number of carbonyl (C=O) groups excluding carboxylic acids is 1. The van der Waals surface area contributed by atoms with Crippen LogP contribution < -0.4 is 10.6 Å². The van der Waals surface area contributed by atoms with Gasteiger partial charge in [0.2, 0.25) is 5.91 Å². The van der Waals surface area contributed by atoms with Crippen LogP contribution in [0.4, 0.5) is 10.1 Å². The van der Waals surface area contributed by atoms with Crippen LogP contribution in [0.25, 0.3) is 0 Å². The van der Waals surface area contributed by atoms with Gasteiger partial charge in [-0.1, -0.05) is 19.9 Å². The van der Waals surface area contributed by atoms with Crippen LogP contribution in [-0.4, -0.2) is 12.5 Å². The van der Waals surface area contributed by atoms with Gasteiger partial charge in [0.25, 0.3) is 0 Å². The number of halogens is 2. The van der Waals surface area contributed by atoms with Crippen LogP contribution >= 0.6 is 12.4 Å². The molecular formula is C13H18ClFN2O. The van der Waals surface area contributed by atoms with Crippen LogP contribution in [0.5, 0.6) is 0 Å². The molecule has 18 heavy (non-hydrogen) atoms. The molecule has 1 aliphatic rings. The zero-order chi connectivity index (χ0) is 12.4. The first kappa shape index (κ1) is 14.9. The number of hydrogen-bond donors (Lipinski definition) is 2. The second-order valence-corrected chi connectivity index (χ2v) is 4.64. The maximum Gasteiger partial charge on any atom is 0.227 e. The van der Waals surface area contributed by atoms with Gasteiger partial charge < -0.3 is 10.6 Å². The van der Waals surface area contributed by atoms with Gasteiger partial charge >= 0.3 is 0 Å². The van der Waals surface area contributed by atoms with Crippen molar-refractivity contribution in [3.8, 4) is 0 Å². The number of amides is 1. The lowest BCUT2D eigenvalue weighted by Gasteiger charge is -2.19. The lowest BCUT2D eigenvalue weighted by atomic mass is 9.99. The summed E-state index contributed by atoms with van der Waals surface area (Å²) in [5.41, 5.74) is 2.01. The molecule has 5 heteroatoms. The summed E-state index contributed by atoms with van der Waals surface area (Å²) in [4.78, 5) is 11.5. The van der Waals surface area contributed by atoms with E-state index in [1.165, 1.54) is 0 Å². The predicted octanol–water partition coefficient (Wildman–Crippen LogP) is 2.49. The van der Waals surface area contributed by atoms with Crippen molar-refractivity contribution in [2.75, 3.05) is 11.9 Å². The van der Waals surface area contributed by atoms with Gasteiger partial charge in [-0.2, -0.15) is 0 Å². The summed E-state index contributed by atoms with van der Waals surface area (Å²) in [6.07, 6.45) is 0.673. The minimum atomic E-state index is -0.280. The molecule has 0 spiro atoms. The molecule has 0 atom stereocenters. The molecule has 2 rings (SSSR count). The van der Waals surface area contributed by atoms with Crippen LogP contribution in [0.2, 0.25) is 0 Å². The fourth-order valence-corrected chi connectivity index (χ4v) is 1.91. The third-order valence-corrected chi connectivity index (χ3v) is 2.99. The maximum absolute atomic E-state index is 14.1. The van der Waals surface area contributed by atoms with E-state index < -0.39 is 0 Å². The number of benzene rings is 1. The monoisotopic (exact) mass is 272 g/mol. The summed E-state index contributed by atoms with van der Waals surface area (Å²) in [7, 11) is 0. The molecule has 0 bridgehead atoms. The second-order valence-electron chi connectivity index (χ2n) is 4.64. The average molecular weight is 273 g/mol. The molecule has 2 N–H and O–H groups in total. The molecule has 1 aromatic carbocycles. The summed E-state index contributed by atoms with van der Waals surface area (Å²) in [5, 5.41) is 5.82. The van der Waals surface area contributed by atoms with Gasteiger partial charge in [0.05, 0.1) is 5.69 Å². The van der Waals surface area contributed by atoms with E-state index >= 15 is 0 Å². The highest BCUT2D eigenvalue weighted by molar-refractivity contribution is 5.92. The third-order valence-electron chi connectivity index (χ3n) is 2.99. The number of carbonyl (C=O) groups is 1. The zero-order valence-electron chi connectivity index (χ0n) is 10.5. The maximum atomic E-state index is 14.1. The van der Waals surface area contributed by atoms with Crippen LogP contribution in [0.3, 0.4) is 0 Å². The number of fused-ring (bicyclic) bond motifs is 1. The fourth-order valence-electron chi connectivity index (χ4n) is 1.91. The summed E-state index contributed by atoms with van der Waals surface area (Å²) in [5.74, 6) is -0.581. The first-order valence-electron chi connectivity index (χ1n) is 5.91. The highest BCUT2D eigenvalue weighted by Gasteiger charge is 2.18.